The SMILES string of the molecule is O=C(O)c1ccc(F)c(S(=O)(=O)Nc2ccc3c(c2)-c2ccccc2C3)c1. The van der Waals surface area contributed by atoms with Gasteiger partial charge in [-0.05, 0) is 59.0 Å². The first kappa shape index (κ1) is 17.2. The number of carboxylic acids is 1. The number of halogens is 1. The van der Waals surface area contributed by atoms with Crippen LogP contribution in [0.5, 0.6) is 0 Å². The van der Waals surface area contributed by atoms with Gasteiger partial charge in [0.1, 0.15) is 10.7 Å². The molecule has 27 heavy (non-hydrogen) atoms. The summed E-state index contributed by atoms with van der Waals surface area (Å²) in [5, 5.41) is 9.02. The van der Waals surface area contributed by atoms with Crippen LogP contribution in [0, 0.1) is 5.82 Å². The molecule has 5 nitrogen and oxygen atoms in total. The van der Waals surface area contributed by atoms with E-state index in [0.717, 1.165) is 46.9 Å². The summed E-state index contributed by atoms with van der Waals surface area (Å²) in [5.41, 5.74) is 4.18. The Morgan fingerprint density at radius 2 is 1.70 bits per heavy atom. The zero-order valence-electron chi connectivity index (χ0n) is 13.9. The van der Waals surface area contributed by atoms with Crippen LogP contribution in [-0.4, -0.2) is 19.5 Å². The van der Waals surface area contributed by atoms with E-state index in [0.29, 0.717) is 0 Å². The fourth-order valence-electron chi connectivity index (χ4n) is 3.24. The molecule has 136 valence electrons. The third-order valence-electron chi connectivity index (χ3n) is 4.52. The molecule has 0 radical (unpaired) electrons. The smallest absolute Gasteiger partial charge is 0.335 e. The molecule has 2 N–H and O–H groups in total. The van der Waals surface area contributed by atoms with Gasteiger partial charge in [0.25, 0.3) is 10.0 Å². The summed E-state index contributed by atoms with van der Waals surface area (Å²) >= 11 is 0. The van der Waals surface area contributed by atoms with Gasteiger partial charge in [0.15, 0.2) is 0 Å². The van der Waals surface area contributed by atoms with Crippen LogP contribution in [0.2, 0.25) is 0 Å². The van der Waals surface area contributed by atoms with E-state index >= 15 is 0 Å². The molecule has 0 unspecified atom stereocenters. The van der Waals surface area contributed by atoms with E-state index in [4.69, 9.17) is 5.11 Å². The highest BCUT2D eigenvalue weighted by Gasteiger charge is 2.23. The number of anilines is 1. The van der Waals surface area contributed by atoms with Gasteiger partial charge in [-0.2, -0.15) is 0 Å². The minimum Gasteiger partial charge on any atom is -0.478 e. The molecule has 0 bridgehead atoms. The van der Waals surface area contributed by atoms with Crippen LogP contribution < -0.4 is 4.72 Å². The quantitative estimate of drug-likeness (QED) is 0.560. The van der Waals surface area contributed by atoms with E-state index in [1.54, 1.807) is 12.1 Å². The third kappa shape index (κ3) is 3.06. The summed E-state index contributed by atoms with van der Waals surface area (Å²) in [6.45, 7) is 0. The second kappa shape index (κ2) is 6.21. The molecule has 0 fully saturated rings. The van der Waals surface area contributed by atoms with Gasteiger partial charge in [-0.3, -0.25) is 4.72 Å². The zero-order chi connectivity index (χ0) is 19.2. The van der Waals surface area contributed by atoms with Crippen molar-refractivity contribution in [1.29, 1.82) is 0 Å². The lowest BCUT2D eigenvalue weighted by Gasteiger charge is -2.11. The summed E-state index contributed by atoms with van der Waals surface area (Å²) in [6, 6.07) is 15.7. The summed E-state index contributed by atoms with van der Waals surface area (Å²) < 4.78 is 41.6. The summed E-state index contributed by atoms with van der Waals surface area (Å²) in [7, 11) is -4.28. The predicted molar refractivity (Wildman–Crippen MR) is 98.9 cm³/mol. The van der Waals surface area contributed by atoms with Crippen molar-refractivity contribution in [1.82, 2.24) is 0 Å². The Kier molecular flexibility index (Phi) is 3.96. The van der Waals surface area contributed by atoms with Gasteiger partial charge in [0.2, 0.25) is 0 Å². The Bertz CT molecular complexity index is 1190. The van der Waals surface area contributed by atoms with Crippen molar-refractivity contribution < 1.29 is 22.7 Å². The molecule has 0 amide bonds. The average Bonchev–Trinajstić information content (AvgIpc) is 2.99. The van der Waals surface area contributed by atoms with Crippen LogP contribution >= 0.6 is 0 Å². The van der Waals surface area contributed by atoms with Crippen molar-refractivity contribution in [3.63, 3.8) is 0 Å². The summed E-state index contributed by atoms with van der Waals surface area (Å²) in [4.78, 5) is 10.4. The molecular formula is C20H14FNO4S. The Balaban J connectivity index is 1.72. The molecule has 0 saturated carbocycles. The minimum absolute atomic E-state index is 0.283. The monoisotopic (exact) mass is 383 g/mol. The largest absolute Gasteiger partial charge is 0.478 e. The average molecular weight is 383 g/mol. The fraction of sp³-hybridized carbons (Fsp3) is 0.0500. The highest BCUT2D eigenvalue weighted by molar-refractivity contribution is 7.92. The lowest BCUT2D eigenvalue weighted by atomic mass is 10.1. The zero-order valence-corrected chi connectivity index (χ0v) is 14.8. The first-order valence-electron chi connectivity index (χ1n) is 8.12. The van der Waals surface area contributed by atoms with Crippen molar-refractivity contribution in [3.05, 3.63) is 83.2 Å². The Morgan fingerprint density at radius 3 is 2.48 bits per heavy atom. The molecule has 4 rings (SSSR count). The molecule has 0 atom stereocenters. The van der Waals surface area contributed by atoms with Gasteiger partial charge < -0.3 is 5.11 Å². The number of hydrogen-bond acceptors (Lipinski definition) is 3. The number of fused-ring (bicyclic) bond motifs is 3. The van der Waals surface area contributed by atoms with Crippen molar-refractivity contribution in [2.24, 2.45) is 0 Å². The molecule has 1 aliphatic rings. The first-order valence-corrected chi connectivity index (χ1v) is 9.60. The normalized spacial score (nSPS) is 12.3. The van der Waals surface area contributed by atoms with Crippen LogP contribution in [0.3, 0.4) is 0 Å². The Labute approximate surface area is 155 Å². The standard InChI is InChI=1S/C20H14FNO4S/c21-18-8-6-14(20(23)24)10-19(18)27(25,26)22-15-7-5-13-9-12-3-1-2-4-16(12)17(13)11-15/h1-8,10-11,22H,9H2,(H,23,24). The second-order valence-electron chi connectivity index (χ2n) is 6.26. The van der Waals surface area contributed by atoms with Gasteiger partial charge >= 0.3 is 5.97 Å². The maximum atomic E-state index is 14.0. The number of benzene rings is 3. The molecule has 3 aromatic carbocycles. The molecule has 3 aromatic rings. The van der Waals surface area contributed by atoms with Crippen LogP contribution in [0.15, 0.2) is 65.6 Å². The summed E-state index contributed by atoms with van der Waals surface area (Å²) in [5.74, 6) is -2.35. The summed E-state index contributed by atoms with van der Waals surface area (Å²) in [6.07, 6.45) is 0.772. The molecule has 0 aromatic heterocycles. The first-order chi connectivity index (χ1) is 12.8. The second-order valence-corrected chi connectivity index (χ2v) is 7.91. The van der Waals surface area contributed by atoms with Gasteiger partial charge in [-0.25, -0.2) is 17.6 Å². The van der Waals surface area contributed by atoms with E-state index in [-0.39, 0.29) is 11.3 Å². The van der Waals surface area contributed by atoms with Crippen LogP contribution in [0.25, 0.3) is 11.1 Å². The van der Waals surface area contributed by atoms with Gasteiger partial charge in [-0.15, -0.1) is 0 Å². The van der Waals surface area contributed by atoms with E-state index in [9.17, 15) is 17.6 Å². The number of carbonyl (C=O) groups is 1. The van der Waals surface area contributed by atoms with Crippen LogP contribution in [0.4, 0.5) is 10.1 Å². The number of rotatable bonds is 4. The van der Waals surface area contributed by atoms with E-state index in [1.807, 2.05) is 30.3 Å². The number of aromatic carboxylic acids is 1. The minimum atomic E-state index is -4.28. The lowest BCUT2D eigenvalue weighted by molar-refractivity contribution is 0.0696. The lowest BCUT2D eigenvalue weighted by Crippen LogP contribution is -2.15. The Morgan fingerprint density at radius 1 is 0.963 bits per heavy atom. The topological polar surface area (TPSA) is 83.5 Å². The van der Waals surface area contributed by atoms with Gasteiger partial charge in [0.05, 0.1) is 5.56 Å². The van der Waals surface area contributed by atoms with Crippen molar-refractivity contribution >= 4 is 21.7 Å². The number of carboxylic acid groups (broad SMARTS) is 1. The van der Waals surface area contributed by atoms with Crippen molar-refractivity contribution in [2.45, 2.75) is 11.3 Å². The number of sulfonamides is 1. The van der Waals surface area contributed by atoms with E-state index < -0.39 is 26.7 Å². The van der Waals surface area contributed by atoms with Crippen LogP contribution in [-0.2, 0) is 16.4 Å². The van der Waals surface area contributed by atoms with Crippen molar-refractivity contribution in [2.75, 3.05) is 4.72 Å². The maximum absolute atomic E-state index is 14.0. The molecule has 0 aliphatic heterocycles. The number of hydrogen-bond donors (Lipinski definition) is 2. The van der Waals surface area contributed by atoms with Crippen molar-refractivity contribution in [3.8, 4) is 11.1 Å². The highest BCUT2D eigenvalue weighted by atomic mass is 32.2. The predicted octanol–water partition coefficient (Wildman–Crippen LogP) is 3.90. The maximum Gasteiger partial charge on any atom is 0.335 e. The molecule has 0 saturated heterocycles. The van der Waals surface area contributed by atoms with E-state index in [1.165, 1.54) is 0 Å². The number of nitrogens with one attached hydrogen (secondary N) is 1. The van der Waals surface area contributed by atoms with Gasteiger partial charge in [0, 0.05) is 5.69 Å². The molecule has 1 aliphatic carbocycles. The van der Waals surface area contributed by atoms with E-state index in [2.05, 4.69) is 4.72 Å². The molecule has 0 spiro atoms. The fourth-order valence-corrected chi connectivity index (χ4v) is 4.39. The molecule has 7 heteroatoms. The molecule has 0 heterocycles. The molecular weight excluding hydrogens is 369 g/mol. The third-order valence-corrected chi connectivity index (χ3v) is 5.91. The Hall–Kier alpha value is -3.19. The van der Waals surface area contributed by atoms with Crippen LogP contribution in [0.1, 0.15) is 21.5 Å². The highest BCUT2D eigenvalue weighted by Crippen LogP contribution is 2.38. The van der Waals surface area contributed by atoms with Gasteiger partial charge in [-0.1, -0.05) is 30.3 Å².